The molecule has 0 heterocycles. The molecule has 0 radical (unpaired) electrons. The highest BCUT2D eigenvalue weighted by molar-refractivity contribution is 9.10. The minimum absolute atomic E-state index is 0.198. The predicted octanol–water partition coefficient (Wildman–Crippen LogP) is 6.51. The summed E-state index contributed by atoms with van der Waals surface area (Å²) in [6, 6.07) is 12.7. The van der Waals surface area contributed by atoms with Crippen LogP contribution in [0.1, 0.15) is 11.1 Å². The molecule has 21 heavy (non-hydrogen) atoms. The van der Waals surface area contributed by atoms with Crippen molar-refractivity contribution in [2.24, 2.45) is 0 Å². The molecule has 2 aromatic carbocycles. The Hall–Kier alpha value is 0.1000. The Morgan fingerprint density at radius 2 is 1.71 bits per heavy atom. The average Bonchev–Trinajstić information content (AvgIpc) is 2.49. The fourth-order valence-electron chi connectivity index (χ4n) is 2.30. The van der Waals surface area contributed by atoms with Gasteiger partial charge in [-0.05, 0) is 41.8 Å². The van der Waals surface area contributed by atoms with E-state index in [1.165, 1.54) is 6.07 Å². The van der Waals surface area contributed by atoms with Crippen molar-refractivity contribution < 1.29 is 4.39 Å². The second kappa shape index (κ2) is 7.58. The lowest BCUT2D eigenvalue weighted by Crippen LogP contribution is -2.33. The molecule has 5 heteroatoms. The van der Waals surface area contributed by atoms with E-state index in [1.807, 2.05) is 30.3 Å². The third-order valence-corrected chi connectivity index (χ3v) is 6.46. The summed E-state index contributed by atoms with van der Waals surface area (Å²) in [5.74, 6) is -0.198. The zero-order valence-electron chi connectivity index (χ0n) is 11.1. The van der Waals surface area contributed by atoms with Crippen molar-refractivity contribution >= 4 is 59.4 Å². The highest BCUT2D eigenvalue weighted by atomic mass is 79.9. The number of hydrogen-bond acceptors (Lipinski definition) is 0. The smallest absolute Gasteiger partial charge is 0.126 e. The quantitative estimate of drug-likeness (QED) is 0.412. The van der Waals surface area contributed by atoms with Crippen molar-refractivity contribution in [1.29, 1.82) is 0 Å². The van der Waals surface area contributed by atoms with Crippen LogP contribution in [-0.4, -0.2) is 10.7 Å². The molecule has 0 nitrogen and oxygen atoms in total. The molecule has 0 bridgehead atoms. The number of alkyl halides is 2. The standard InChI is InChI=1S/C16H13Br3ClF/c17-9-16(10-18,13-3-1-2-4-14(13)20)8-11-7-12(19)5-6-15(11)21/h1-7H,8-10H2. The fourth-order valence-corrected chi connectivity index (χ4v) is 4.98. The predicted molar refractivity (Wildman–Crippen MR) is 98.5 cm³/mol. The maximum absolute atomic E-state index is 14.1. The Kier molecular flexibility index (Phi) is 6.30. The Balaban J connectivity index is 2.48. The summed E-state index contributed by atoms with van der Waals surface area (Å²) in [4.78, 5) is 0. The van der Waals surface area contributed by atoms with E-state index in [2.05, 4.69) is 47.8 Å². The Morgan fingerprint density at radius 3 is 2.33 bits per heavy atom. The number of rotatable bonds is 5. The second-order valence-electron chi connectivity index (χ2n) is 4.94. The van der Waals surface area contributed by atoms with Crippen LogP contribution in [0.5, 0.6) is 0 Å². The zero-order valence-corrected chi connectivity index (χ0v) is 16.6. The Morgan fingerprint density at radius 1 is 1.05 bits per heavy atom. The van der Waals surface area contributed by atoms with E-state index in [0.29, 0.717) is 27.7 Å². The van der Waals surface area contributed by atoms with Crippen molar-refractivity contribution in [2.75, 3.05) is 10.7 Å². The molecule has 0 atom stereocenters. The first-order valence-electron chi connectivity index (χ1n) is 6.33. The Labute approximate surface area is 154 Å². The van der Waals surface area contributed by atoms with Crippen LogP contribution in [0.4, 0.5) is 4.39 Å². The third kappa shape index (κ3) is 3.90. The summed E-state index contributed by atoms with van der Waals surface area (Å²) in [5, 5.41) is 2.06. The van der Waals surface area contributed by atoms with Gasteiger partial charge in [0.25, 0.3) is 0 Å². The molecule has 0 spiro atoms. The average molecular weight is 499 g/mol. The SMILES string of the molecule is Fc1ccc(Br)cc1CC(CBr)(CBr)c1ccccc1Cl. The minimum atomic E-state index is -0.306. The zero-order chi connectivity index (χ0) is 15.5. The third-order valence-electron chi connectivity index (χ3n) is 3.49. The van der Waals surface area contributed by atoms with Crippen LogP contribution in [0.25, 0.3) is 0 Å². The molecule has 2 aromatic rings. The van der Waals surface area contributed by atoms with Crippen LogP contribution in [0, 0.1) is 5.82 Å². The summed E-state index contributed by atoms with van der Waals surface area (Å²) in [7, 11) is 0. The minimum Gasteiger partial charge on any atom is -0.207 e. The monoisotopic (exact) mass is 496 g/mol. The first-order chi connectivity index (χ1) is 10.0. The van der Waals surface area contributed by atoms with Crippen LogP contribution in [0.2, 0.25) is 5.02 Å². The summed E-state index contributed by atoms with van der Waals surface area (Å²) in [6.45, 7) is 0. The van der Waals surface area contributed by atoms with E-state index in [-0.39, 0.29) is 11.2 Å². The van der Waals surface area contributed by atoms with E-state index >= 15 is 0 Å². The van der Waals surface area contributed by atoms with Gasteiger partial charge in [-0.2, -0.15) is 0 Å². The summed E-state index contributed by atoms with van der Waals surface area (Å²) in [5.41, 5.74) is 1.38. The molecule has 0 aromatic heterocycles. The maximum atomic E-state index is 14.1. The molecule has 0 unspecified atom stereocenters. The van der Waals surface area contributed by atoms with Crippen LogP contribution < -0.4 is 0 Å². The molecule has 0 saturated carbocycles. The molecule has 0 N–H and O–H groups in total. The van der Waals surface area contributed by atoms with Crippen molar-refractivity contribution in [3.05, 3.63) is 68.9 Å². The summed E-state index contributed by atoms with van der Waals surface area (Å²) in [6.07, 6.45) is 0.554. The van der Waals surface area contributed by atoms with Crippen LogP contribution >= 0.6 is 59.4 Å². The lowest BCUT2D eigenvalue weighted by molar-refractivity contribution is 0.522. The highest BCUT2D eigenvalue weighted by Crippen LogP contribution is 2.37. The van der Waals surface area contributed by atoms with Gasteiger partial charge < -0.3 is 0 Å². The van der Waals surface area contributed by atoms with Crippen LogP contribution in [-0.2, 0) is 11.8 Å². The number of hydrogen-bond donors (Lipinski definition) is 0. The van der Waals surface area contributed by atoms with Gasteiger partial charge in [0.1, 0.15) is 5.82 Å². The Bertz CT molecular complexity index is 627. The van der Waals surface area contributed by atoms with E-state index in [1.54, 1.807) is 6.07 Å². The first-order valence-corrected chi connectivity index (χ1v) is 9.74. The first kappa shape index (κ1) is 17.5. The van der Waals surface area contributed by atoms with Gasteiger partial charge in [0.15, 0.2) is 0 Å². The molecule has 0 aliphatic carbocycles. The van der Waals surface area contributed by atoms with Gasteiger partial charge in [-0.15, -0.1) is 0 Å². The lowest BCUT2D eigenvalue weighted by atomic mass is 9.79. The largest absolute Gasteiger partial charge is 0.207 e. The van der Waals surface area contributed by atoms with Gasteiger partial charge in [0, 0.05) is 25.6 Å². The van der Waals surface area contributed by atoms with Gasteiger partial charge in [0.05, 0.1) is 0 Å². The molecule has 0 saturated heterocycles. The summed E-state index contributed by atoms with van der Waals surface area (Å²) >= 11 is 16.9. The van der Waals surface area contributed by atoms with Gasteiger partial charge in [-0.25, -0.2) is 4.39 Å². The molecule has 0 fully saturated rings. The van der Waals surface area contributed by atoms with Crippen LogP contribution in [0.3, 0.4) is 0 Å². The van der Waals surface area contributed by atoms with Gasteiger partial charge in [0.2, 0.25) is 0 Å². The number of benzene rings is 2. The van der Waals surface area contributed by atoms with Gasteiger partial charge in [-0.3, -0.25) is 0 Å². The topological polar surface area (TPSA) is 0 Å². The van der Waals surface area contributed by atoms with Gasteiger partial charge >= 0.3 is 0 Å². The normalized spacial score (nSPS) is 11.7. The van der Waals surface area contributed by atoms with Crippen LogP contribution in [0.15, 0.2) is 46.9 Å². The molecule has 112 valence electrons. The van der Waals surface area contributed by atoms with Crippen molar-refractivity contribution in [1.82, 2.24) is 0 Å². The number of halogens is 5. The van der Waals surface area contributed by atoms with Crippen molar-refractivity contribution in [3.63, 3.8) is 0 Å². The van der Waals surface area contributed by atoms with E-state index in [0.717, 1.165) is 10.0 Å². The lowest BCUT2D eigenvalue weighted by Gasteiger charge is -2.32. The molecule has 0 aliphatic rings. The van der Waals surface area contributed by atoms with Crippen molar-refractivity contribution in [2.45, 2.75) is 11.8 Å². The molecule has 2 rings (SSSR count). The highest BCUT2D eigenvalue weighted by Gasteiger charge is 2.33. The summed E-state index contributed by atoms with van der Waals surface area (Å²) < 4.78 is 15.0. The van der Waals surface area contributed by atoms with E-state index in [9.17, 15) is 4.39 Å². The van der Waals surface area contributed by atoms with E-state index in [4.69, 9.17) is 11.6 Å². The van der Waals surface area contributed by atoms with Crippen molar-refractivity contribution in [3.8, 4) is 0 Å². The maximum Gasteiger partial charge on any atom is 0.126 e. The fraction of sp³-hybridized carbons (Fsp3) is 0.250. The molecular weight excluding hydrogens is 486 g/mol. The molecule has 0 amide bonds. The molecular formula is C16H13Br3ClF. The molecule has 0 aliphatic heterocycles. The second-order valence-corrected chi connectivity index (χ2v) is 7.38. The van der Waals surface area contributed by atoms with Gasteiger partial charge in [-0.1, -0.05) is 77.6 Å². The van der Waals surface area contributed by atoms with E-state index < -0.39 is 0 Å².